The van der Waals surface area contributed by atoms with Crippen molar-refractivity contribution in [1.82, 2.24) is 5.32 Å². The first-order valence-electron chi connectivity index (χ1n) is 5.44. The third-order valence-corrected chi connectivity index (χ3v) is 2.51. The molecule has 0 bridgehead atoms. The van der Waals surface area contributed by atoms with Gasteiger partial charge in [-0.1, -0.05) is 6.07 Å². The molecule has 4 heteroatoms. The van der Waals surface area contributed by atoms with E-state index in [1.165, 1.54) is 0 Å². The van der Waals surface area contributed by atoms with Crippen LogP contribution in [-0.4, -0.2) is 28.0 Å². The van der Waals surface area contributed by atoms with E-state index in [2.05, 4.69) is 5.32 Å². The van der Waals surface area contributed by atoms with Crippen LogP contribution in [0.15, 0.2) is 18.2 Å². The molecule has 0 spiro atoms. The molecule has 0 saturated carbocycles. The van der Waals surface area contributed by atoms with Gasteiger partial charge in [-0.05, 0) is 38.9 Å². The summed E-state index contributed by atoms with van der Waals surface area (Å²) in [5.41, 5.74) is 0.494. The van der Waals surface area contributed by atoms with Gasteiger partial charge in [-0.15, -0.1) is 0 Å². The summed E-state index contributed by atoms with van der Waals surface area (Å²) >= 11 is 0. The lowest BCUT2D eigenvalue weighted by Gasteiger charge is -2.17. The number of aliphatic hydroxyl groups excluding tert-OH is 1. The van der Waals surface area contributed by atoms with Crippen LogP contribution in [0.5, 0.6) is 11.5 Å². The van der Waals surface area contributed by atoms with Crippen molar-refractivity contribution in [3.05, 3.63) is 23.8 Å². The Kier molecular flexibility index (Phi) is 4.58. The van der Waals surface area contributed by atoms with Crippen molar-refractivity contribution in [3.8, 4) is 11.5 Å². The largest absolute Gasteiger partial charge is 0.507 e. The minimum absolute atomic E-state index is 0.0806. The molecule has 1 aromatic carbocycles. The van der Waals surface area contributed by atoms with Gasteiger partial charge in [0.2, 0.25) is 0 Å². The summed E-state index contributed by atoms with van der Waals surface area (Å²) in [6, 6.07) is 4.53. The van der Waals surface area contributed by atoms with Crippen LogP contribution in [0.25, 0.3) is 0 Å². The molecular weight excluding hydrogens is 206 g/mol. The first kappa shape index (κ1) is 12.8. The van der Waals surface area contributed by atoms with Gasteiger partial charge in [0, 0.05) is 6.04 Å². The van der Waals surface area contributed by atoms with E-state index in [1.807, 2.05) is 6.92 Å². The van der Waals surface area contributed by atoms with Gasteiger partial charge in [0.15, 0.2) is 0 Å². The number of phenols is 2. The van der Waals surface area contributed by atoms with Crippen LogP contribution in [0.1, 0.15) is 31.9 Å². The Labute approximate surface area is 95.6 Å². The zero-order valence-corrected chi connectivity index (χ0v) is 9.64. The molecule has 4 nitrogen and oxygen atoms in total. The van der Waals surface area contributed by atoms with Crippen molar-refractivity contribution in [1.29, 1.82) is 0 Å². The Hall–Kier alpha value is -1.26. The molecule has 2 atom stereocenters. The quantitative estimate of drug-likeness (QED) is 0.613. The third kappa shape index (κ3) is 3.40. The topological polar surface area (TPSA) is 72.7 Å². The lowest BCUT2D eigenvalue weighted by Crippen LogP contribution is -2.22. The minimum atomic E-state index is -0.349. The van der Waals surface area contributed by atoms with Crippen LogP contribution in [-0.2, 0) is 0 Å². The van der Waals surface area contributed by atoms with E-state index in [4.69, 9.17) is 5.11 Å². The first-order chi connectivity index (χ1) is 7.52. The predicted molar refractivity (Wildman–Crippen MR) is 62.5 cm³/mol. The minimum Gasteiger partial charge on any atom is -0.507 e. The molecule has 0 radical (unpaired) electrons. The fraction of sp³-hybridized carbons (Fsp3) is 0.500. The van der Waals surface area contributed by atoms with Crippen LogP contribution in [0, 0.1) is 0 Å². The SMILES string of the molecule is CC(O)CCNC(C)c1c(O)cccc1O. The fourth-order valence-electron chi connectivity index (χ4n) is 1.60. The van der Waals surface area contributed by atoms with Gasteiger partial charge >= 0.3 is 0 Å². The Bertz CT molecular complexity index is 319. The maximum absolute atomic E-state index is 9.62. The van der Waals surface area contributed by atoms with Crippen molar-refractivity contribution < 1.29 is 15.3 Å². The van der Waals surface area contributed by atoms with Crippen LogP contribution in [0.3, 0.4) is 0 Å². The number of hydrogen-bond acceptors (Lipinski definition) is 4. The summed E-state index contributed by atoms with van der Waals surface area (Å²) in [5, 5.41) is 31.5. The van der Waals surface area contributed by atoms with E-state index in [0.717, 1.165) is 0 Å². The Morgan fingerprint density at radius 2 is 1.75 bits per heavy atom. The molecule has 0 heterocycles. The van der Waals surface area contributed by atoms with E-state index in [0.29, 0.717) is 18.5 Å². The summed E-state index contributed by atoms with van der Waals surface area (Å²) in [6.45, 7) is 4.22. The van der Waals surface area contributed by atoms with Crippen molar-refractivity contribution in [3.63, 3.8) is 0 Å². The fourth-order valence-corrected chi connectivity index (χ4v) is 1.60. The monoisotopic (exact) mass is 225 g/mol. The molecule has 1 aromatic rings. The van der Waals surface area contributed by atoms with E-state index in [9.17, 15) is 10.2 Å². The number of phenolic OH excluding ortho intramolecular Hbond substituents is 2. The van der Waals surface area contributed by atoms with Crippen molar-refractivity contribution in [2.24, 2.45) is 0 Å². The number of rotatable bonds is 5. The molecule has 0 aromatic heterocycles. The van der Waals surface area contributed by atoms with E-state index < -0.39 is 0 Å². The lowest BCUT2D eigenvalue weighted by atomic mass is 10.1. The van der Waals surface area contributed by atoms with Crippen LogP contribution in [0.2, 0.25) is 0 Å². The van der Waals surface area contributed by atoms with Gasteiger partial charge < -0.3 is 20.6 Å². The van der Waals surface area contributed by atoms with E-state index >= 15 is 0 Å². The third-order valence-electron chi connectivity index (χ3n) is 2.51. The zero-order chi connectivity index (χ0) is 12.1. The zero-order valence-electron chi connectivity index (χ0n) is 9.64. The maximum Gasteiger partial charge on any atom is 0.124 e. The van der Waals surface area contributed by atoms with Crippen molar-refractivity contribution >= 4 is 0 Å². The van der Waals surface area contributed by atoms with Crippen molar-refractivity contribution in [2.75, 3.05) is 6.54 Å². The molecule has 1 rings (SSSR count). The average Bonchev–Trinajstić information content (AvgIpc) is 2.16. The Balaban J connectivity index is 2.62. The highest BCUT2D eigenvalue weighted by Crippen LogP contribution is 2.31. The molecule has 90 valence electrons. The second-order valence-corrected chi connectivity index (χ2v) is 4.02. The van der Waals surface area contributed by atoms with Crippen molar-refractivity contribution in [2.45, 2.75) is 32.4 Å². The molecule has 0 aliphatic rings. The molecule has 4 N–H and O–H groups in total. The lowest BCUT2D eigenvalue weighted by molar-refractivity contribution is 0.182. The number of benzene rings is 1. The van der Waals surface area contributed by atoms with Gasteiger partial charge in [-0.25, -0.2) is 0 Å². The second-order valence-electron chi connectivity index (χ2n) is 4.02. The first-order valence-corrected chi connectivity index (χ1v) is 5.44. The van der Waals surface area contributed by atoms with E-state index in [1.54, 1.807) is 25.1 Å². The average molecular weight is 225 g/mol. The molecule has 0 saturated heterocycles. The van der Waals surface area contributed by atoms with Crippen LogP contribution >= 0.6 is 0 Å². The summed E-state index contributed by atoms with van der Waals surface area (Å²) in [6.07, 6.45) is 0.288. The smallest absolute Gasteiger partial charge is 0.124 e. The van der Waals surface area contributed by atoms with Gasteiger partial charge in [0.25, 0.3) is 0 Å². The normalized spacial score (nSPS) is 14.7. The highest BCUT2D eigenvalue weighted by molar-refractivity contribution is 5.44. The summed E-state index contributed by atoms with van der Waals surface area (Å²) in [4.78, 5) is 0. The predicted octanol–water partition coefficient (Wildman–Crippen LogP) is 1.52. The molecule has 16 heavy (non-hydrogen) atoms. The summed E-state index contributed by atoms with van der Waals surface area (Å²) in [5.74, 6) is 0.161. The van der Waals surface area contributed by atoms with Crippen LogP contribution in [0.4, 0.5) is 0 Å². The molecule has 0 aliphatic heterocycles. The second kappa shape index (κ2) is 5.72. The highest BCUT2D eigenvalue weighted by Gasteiger charge is 2.14. The molecule has 2 unspecified atom stereocenters. The molecule has 0 aliphatic carbocycles. The summed E-state index contributed by atoms with van der Waals surface area (Å²) < 4.78 is 0. The van der Waals surface area contributed by atoms with Gasteiger partial charge in [-0.3, -0.25) is 0 Å². The molecule has 0 amide bonds. The van der Waals surface area contributed by atoms with Gasteiger partial charge in [-0.2, -0.15) is 0 Å². The maximum atomic E-state index is 9.62. The summed E-state index contributed by atoms with van der Waals surface area (Å²) in [7, 11) is 0. The number of aliphatic hydroxyl groups is 1. The Morgan fingerprint density at radius 1 is 1.19 bits per heavy atom. The molecular formula is C12H19NO3. The van der Waals surface area contributed by atoms with E-state index in [-0.39, 0.29) is 23.6 Å². The number of aromatic hydroxyl groups is 2. The van der Waals surface area contributed by atoms with Gasteiger partial charge in [0.05, 0.1) is 11.7 Å². The number of nitrogens with one attached hydrogen (secondary N) is 1. The Morgan fingerprint density at radius 3 is 2.25 bits per heavy atom. The molecule has 0 fully saturated rings. The highest BCUT2D eigenvalue weighted by atomic mass is 16.3. The van der Waals surface area contributed by atoms with Crippen LogP contribution < -0.4 is 5.32 Å². The van der Waals surface area contributed by atoms with Gasteiger partial charge in [0.1, 0.15) is 11.5 Å². The standard InChI is InChI=1S/C12H19NO3/c1-8(14)6-7-13-9(2)12-10(15)4-3-5-11(12)16/h3-5,8-9,13-16H,6-7H2,1-2H3. The number of hydrogen-bond donors (Lipinski definition) is 4.